The predicted octanol–water partition coefficient (Wildman–Crippen LogP) is 2.40. The molecule has 0 radical (unpaired) electrons. The molecule has 1 aromatic carbocycles. The van der Waals surface area contributed by atoms with E-state index in [1.807, 2.05) is 6.07 Å². The third-order valence-corrected chi connectivity index (χ3v) is 4.68. The maximum Gasteiger partial charge on any atom is 0.355 e. The smallest absolute Gasteiger partial charge is 0.355 e. The summed E-state index contributed by atoms with van der Waals surface area (Å²) in [4.78, 5) is 39.8. The van der Waals surface area contributed by atoms with Gasteiger partial charge in [-0.05, 0) is 51.0 Å². The molecule has 9 heteroatoms. The minimum absolute atomic E-state index is 0.175. The third-order valence-electron chi connectivity index (χ3n) is 4.68. The highest BCUT2D eigenvalue weighted by Crippen LogP contribution is 2.32. The van der Waals surface area contributed by atoms with Crippen LogP contribution < -0.4 is 14.8 Å². The fraction of sp³-hybridized carbons (Fsp3) is 0.381. The molecule has 1 aliphatic rings. The van der Waals surface area contributed by atoms with Crippen LogP contribution in [-0.4, -0.2) is 42.3 Å². The Bertz CT molecular complexity index is 980. The Kier molecular flexibility index (Phi) is 6.29. The Labute approximate surface area is 173 Å². The standard InChI is InChI=1S/C21H24N2O7/c1-5-27-21(26)18-11(2)17(12(3)23-18)20(25)30-13(4)19(24)22-9-14-6-7-15-16(8-14)29-10-28-15/h6-8,13,23H,5,9-10H2,1-4H3,(H,22,24)/t13-/m1/s1. The van der Waals surface area contributed by atoms with Crippen molar-refractivity contribution in [1.82, 2.24) is 10.3 Å². The van der Waals surface area contributed by atoms with Gasteiger partial charge in [-0.2, -0.15) is 0 Å². The molecule has 2 N–H and O–H groups in total. The Morgan fingerprint density at radius 1 is 1.17 bits per heavy atom. The molecule has 0 saturated heterocycles. The third kappa shape index (κ3) is 4.40. The van der Waals surface area contributed by atoms with Crippen LogP contribution in [0.1, 0.15) is 51.5 Å². The lowest BCUT2D eigenvalue weighted by molar-refractivity contribution is -0.129. The largest absolute Gasteiger partial charge is 0.461 e. The van der Waals surface area contributed by atoms with Gasteiger partial charge in [-0.25, -0.2) is 9.59 Å². The van der Waals surface area contributed by atoms with Crippen molar-refractivity contribution in [2.24, 2.45) is 0 Å². The van der Waals surface area contributed by atoms with E-state index in [0.29, 0.717) is 22.8 Å². The molecule has 0 fully saturated rings. The molecule has 1 amide bonds. The fourth-order valence-corrected chi connectivity index (χ4v) is 3.12. The zero-order valence-electron chi connectivity index (χ0n) is 17.3. The molecule has 0 saturated carbocycles. The topological polar surface area (TPSA) is 116 Å². The van der Waals surface area contributed by atoms with Gasteiger partial charge in [0, 0.05) is 12.2 Å². The van der Waals surface area contributed by atoms with E-state index in [0.717, 1.165) is 5.56 Å². The summed E-state index contributed by atoms with van der Waals surface area (Å²) < 4.78 is 20.8. The molecular weight excluding hydrogens is 392 g/mol. The summed E-state index contributed by atoms with van der Waals surface area (Å²) in [6.45, 7) is 7.09. The maximum absolute atomic E-state index is 12.6. The Morgan fingerprint density at radius 2 is 1.90 bits per heavy atom. The number of nitrogens with one attached hydrogen (secondary N) is 2. The van der Waals surface area contributed by atoms with E-state index in [1.165, 1.54) is 6.92 Å². The van der Waals surface area contributed by atoms with Gasteiger partial charge in [0.25, 0.3) is 5.91 Å². The van der Waals surface area contributed by atoms with Crippen LogP contribution in [-0.2, 0) is 20.8 Å². The minimum atomic E-state index is -1.02. The average molecular weight is 416 g/mol. The van der Waals surface area contributed by atoms with E-state index in [1.54, 1.807) is 32.9 Å². The lowest BCUT2D eigenvalue weighted by Crippen LogP contribution is -2.35. The average Bonchev–Trinajstić information content (AvgIpc) is 3.29. The van der Waals surface area contributed by atoms with Gasteiger partial charge in [0.2, 0.25) is 6.79 Å². The number of ether oxygens (including phenoxy) is 4. The summed E-state index contributed by atoms with van der Waals surface area (Å²) in [5.74, 6) is -0.407. The van der Waals surface area contributed by atoms with Gasteiger partial charge < -0.3 is 29.2 Å². The first-order chi connectivity index (χ1) is 14.3. The fourth-order valence-electron chi connectivity index (χ4n) is 3.12. The molecule has 1 aliphatic heterocycles. The lowest BCUT2D eigenvalue weighted by atomic mass is 10.1. The lowest BCUT2D eigenvalue weighted by Gasteiger charge is -2.14. The van der Waals surface area contributed by atoms with Crippen LogP contribution in [0.4, 0.5) is 0 Å². The Balaban J connectivity index is 1.60. The molecule has 0 aliphatic carbocycles. The van der Waals surface area contributed by atoms with E-state index in [-0.39, 0.29) is 31.2 Å². The summed E-state index contributed by atoms with van der Waals surface area (Å²) in [7, 11) is 0. The van der Waals surface area contributed by atoms with Gasteiger partial charge in [-0.1, -0.05) is 6.07 Å². The van der Waals surface area contributed by atoms with E-state index in [2.05, 4.69) is 10.3 Å². The molecule has 2 heterocycles. The van der Waals surface area contributed by atoms with Crippen molar-refractivity contribution in [3.05, 3.63) is 46.3 Å². The van der Waals surface area contributed by atoms with Crippen molar-refractivity contribution in [3.8, 4) is 11.5 Å². The van der Waals surface area contributed by atoms with Crippen LogP contribution in [0, 0.1) is 13.8 Å². The molecule has 0 unspecified atom stereocenters. The van der Waals surface area contributed by atoms with Crippen LogP contribution in [0.15, 0.2) is 18.2 Å². The second kappa shape index (κ2) is 8.89. The van der Waals surface area contributed by atoms with Crippen LogP contribution in [0.5, 0.6) is 11.5 Å². The molecule has 3 rings (SSSR count). The first-order valence-corrected chi connectivity index (χ1v) is 9.55. The number of benzene rings is 1. The van der Waals surface area contributed by atoms with Crippen LogP contribution in [0.25, 0.3) is 0 Å². The first kappa shape index (κ1) is 21.2. The van der Waals surface area contributed by atoms with Gasteiger partial charge in [0.1, 0.15) is 5.69 Å². The number of amides is 1. The summed E-state index contributed by atoms with van der Waals surface area (Å²) >= 11 is 0. The Hall–Kier alpha value is -3.49. The number of aromatic amines is 1. The number of fused-ring (bicyclic) bond motifs is 1. The number of H-pyrrole nitrogens is 1. The summed E-state index contributed by atoms with van der Waals surface area (Å²) in [6.07, 6.45) is -1.02. The highest BCUT2D eigenvalue weighted by Gasteiger charge is 2.26. The molecule has 1 aromatic heterocycles. The van der Waals surface area contributed by atoms with Crippen molar-refractivity contribution in [1.29, 1.82) is 0 Å². The van der Waals surface area contributed by atoms with Crippen molar-refractivity contribution in [2.75, 3.05) is 13.4 Å². The highest BCUT2D eigenvalue weighted by molar-refractivity contribution is 5.99. The molecule has 0 spiro atoms. The van der Waals surface area contributed by atoms with Gasteiger partial charge in [0.15, 0.2) is 17.6 Å². The van der Waals surface area contributed by atoms with E-state index >= 15 is 0 Å². The zero-order valence-corrected chi connectivity index (χ0v) is 17.3. The number of esters is 2. The number of carbonyl (C=O) groups is 3. The van der Waals surface area contributed by atoms with Crippen molar-refractivity contribution < 1.29 is 33.3 Å². The van der Waals surface area contributed by atoms with Crippen molar-refractivity contribution in [2.45, 2.75) is 40.3 Å². The highest BCUT2D eigenvalue weighted by atomic mass is 16.7. The normalized spacial score (nSPS) is 12.9. The summed E-state index contributed by atoms with van der Waals surface area (Å²) in [5.41, 5.74) is 2.12. The molecule has 2 aromatic rings. The number of aryl methyl sites for hydroxylation is 1. The van der Waals surface area contributed by atoms with Gasteiger partial charge in [0.05, 0.1) is 12.2 Å². The zero-order chi connectivity index (χ0) is 21.8. The number of aromatic nitrogens is 1. The summed E-state index contributed by atoms with van der Waals surface area (Å²) in [5, 5.41) is 2.72. The SMILES string of the molecule is CCOC(=O)c1[nH]c(C)c(C(=O)O[C@H](C)C(=O)NCc2ccc3c(c2)OCO3)c1C. The van der Waals surface area contributed by atoms with Crippen LogP contribution >= 0.6 is 0 Å². The predicted molar refractivity (Wildman–Crippen MR) is 106 cm³/mol. The first-order valence-electron chi connectivity index (χ1n) is 9.55. The number of rotatable bonds is 7. The van der Waals surface area contributed by atoms with Crippen LogP contribution in [0.2, 0.25) is 0 Å². The maximum atomic E-state index is 12.6. The molecule has 0 bridgehead atoms. The molecule has 160 valence electrons. The van der Waals surface area contributed by atoms with Crippen molar-refractivity contribution in [3.63, 3.8) is 0 Å². The Morgan fingerprint density at radius 3 is 2.63 bits per heavy atom. The quantitative estimate of drug-likeness (QED) is 0.666. The van der Waals surface area contributed by atoms with Gasteiger partial charge in [-0.15, -0.1) is 0 Å². The van der Waals surface area contributed by atoms with Gasteiger partial charge >= 0.3 is 11.9 Å². The number of carbonyl (C=O) groups excluding carboxylic acids is 3. The van der Waals surface area contributed by atoms with Crippen molar-refractivity contribution >= 4 is 17.8 Å². The second-order valence-electron chi connectivity index (χ2n) is 6.80. The second-order valence-corrected chi connectivity index (χ2v) is 6.80. The minimum Gasteiger partial charge on any atom is -0.461 e. The number of hydrogen-bond donors (Lipinski definition) is 2. The molecular formula is C21H24N2O7. The van der Waals surface area contributed by atoms with E-state index in [4.69, 9.17) is 18.9 Å². The monoisotopic (exact) mass is 416 g/mol. The van der Waals surface area contributed by atoms with E-state index < -0.39 is 23.9 Å². The molecule has 9 nitrogen and oxygen atoms in total. The van der Waals surface area contributed by atoms with E-state index in [9.17, 15) is 14.4 Å². The molecule has 30 heavy (non-hydrogen) atoms. The number of hydrogen-bond acceptors (Lipinski definition) is 7. The van der Waals surface area contributed by atoms with Gasteiger partial charge in [-0.3, -0.25) is 4.79 Å². The summed E-state index contributed by atoms with van der Waals surface area (Å²) in [6, 6.07) is 5.36. The molecule has 1 atom stereocenters. The van der Waals surface area contributed by atoms with Crippen LogP contribution in [0.3, 0.4) is 0 Å².